The Morgan fingerprint density at radius 3 is 2.36 bits per heavy atom. The fourth-order valence-electron chi connectivity index (χ4n) is 0.595. The van der Waals surface area contributed by atoms with Gasteiger partial charge in [0.1, 0.15) is 0 Å². The predicted molar refractivity (Wildman–Crippen MR) is 44.8 cm³/mol. The standard InChI is InChI=1S/C7H15NO2S/c1-6(9)8(11)5-4-7(2,3)10/h8,10H,4-5H2,1-3H3. The average molecular weight is 177 g/mol. The number of quaternary nitrogens is 1. The molecule has 0 spiro atoms. The molecule has 1 unspecified atom stereocenters. The highest BCUT2D eigenvalue weighted by molar-refractivity contribution is 7.51. The van der Waals surface area contributed by atoms with E-state index in [-0.39, 0.29) is 5.91 Å². The minimum atomic E-state index is -0.723. The van der Waals surface area contributed by atoms with Gasteiger partial charge in [0.05, 0.1) is 19.1 Å². The van der Waals surface area contributed by atoms with Gasteiger partial charge in [-0.3, -0.25) is 0 Å². The van der Waals surface area contributed by atoms with Crippen molar-refractivity contribution < 1.29 is 14.2 Å². The zero-order valence-electron chi connectivity index (χ0n) is 7.18. The van der Waals surface area contributed by atoms with E-state index in [0.717, 1.165) is 0 Å². The van der Waals surface area contributed by atoms with E-state index in [1.54, 1.807) is 13.8 Å². The highest BCUT2D eigenvalue weighted by Gasteiger charge is 2.14. The molecule has 0 aliphatic heterocycles. The van der Waals surface area contributed by atoms with Crippen LogP contribution in [-0.2, 0) is 17.6 Å². The first-order valence-corrected chi connectivity index (χ1v) is 4.00. The second kappa shape index (κ2) is 4.09. The molecule has 0 aromatic rings. The van der Waals surface area contributed by atoms with Crippen LogP contribution in [0.5, 0.6) is 0 Å². The lowest BCUT2D eigenvalue weighted by atomic mass is 10.1. The summed E-state index contributed by atoms with van der Waals surface area (Å²) < 4.78 is 0.423. The summed E-state index contributed by atoms with van der Waals surface area (Å²) in [6.07, 6.45) is 0.547. The van der Waals surface area contributed by atoms with Crippen LogP contribution in [-0.4, -0.2) is 23.2 Å². The molecule has 1 amide bonds. The van der Waals surface area contributed by atoms with Gasteiger partial charge in [-0.25, -0.2) is 4.79 Å². The van der Waals surface area contributed by atoms with Gasteiger partial charge in [0.25, 0.3) is 5.91 Å². The molecule has 0 aromatic carbocycles. The van der Waals surface area contributed by atoms with Gasteiger partial charge in [-0.2, -0.15) is 0 Å². The molecule has 0 aliphatic rings. The topological polar surface area (TPSA) is 41.7 Å². The fraction of sp³-hybridized carbons (Fsp3) is 0.857. The summed E-state index contributed by atoms with van der Waals surface area (Å²) in [6.45, 7) is 5.37. The molecule has 0 heterocycles. The molecular formula is C7H15NO2S. The lowest BCUT2D eigenvalue weighted by Gasteiger charge is -2.23. The Balaban J connectivity index is 3.63. The molecular weight excluding hydrogens is 162 g/mol. The Bertz CT molecular complexity index is 142. The van der Waals surface area contributed by atoms with E-state index >= 15 is 0 Å². The van der Waals surface area contributed by atoms with Gasteiger partial charge in [0.2, 0.25) is 0 Å². The Morgan fingerprint density at radius 2 is 2.09 bits per heavy atom. The SMILES string of the molecule is CC(=O)[NH+]([S-])CCC(C)(C)O. The zero-order chi connectivity index (χ0) is 9.07. The predicted octanol–water partition coefficient (Wildman–Crippen LogP) is -0.959. The first kappa shape index (κ1) is 10.9. The molecule has 0 rings (SSSR count). The number of hydrogen-bond donors (Lipinski definition) is 2. The molecule has 11 heavy (non-hydrogen) atoms. The van der Waals surface area contributed by atoms with Gasteiger partial charge in [0, 0.05) is 6.42 Å². The summed E-state index contributed by atoms with van der Waals surface area (Å²) in [6, 6.07) is 0. The van der Waals surface area contributed by atoms with Crippen molar-refractivity contribution in [2.45, 2.75) is 32.8 Å². The quantitative estimate of drug-likeness (QED) is 0.546. The summed E-state index contributed by atoms with van der Waals surface area (Å²) in [5, 5.41) is 9.28. The van der Waals surface area contributed by atoms with Gasteiger partial charge in [-0.1, -0.05) is 0 Å². The van der Waals surface area contributed by atoms with Crippen molar-refractivity contribution in [1.82, 2.24) is 0 Å². The van der Waals surface area contributed by atoms with Crippen LogP contribution < -0.4 is 4.31 Å². The van der Waals surface area contributed by atoms with E-state index in [9.17, 15) is 9.90 Å². The molecule has 1 atom stereocenters. The third-order valence-electron chi connectivity index (χ3n) is 1.36. The van der Waals surface area contributed by atoms with Crippen LogP contribution in [0.2, 0.25) is 0 Å². The van der Waals surface area contributed by atoms with Crippen molar-refractivity contribution in [3.8, 4) is 0 Å². The normalized spacial score (nSPS) is 14.6. The lowest BCUT2D eigenvalue weighted by Crippen LogP contribution is -3.10. The molecule has 0 aromatic heterocycles. The highest BCUT2D eigenvalue weighted by Crippen LogP contribution is 2.03. The van der Waals surface area contributed by atoms with E-state index in [1.807, 2.05) is 0 Å². The molecule has 2 N–H and O–H groups in total. The van der Waals surface area contributed by atoms with Crippen molar-refractivity contribution in [3.05, 3.63) is 0 Å². The lowest BCUT2D eigenvalue weighted by molar-refractivity contribution is -0.668. The van der Waals surface area contributed by atoms with Crippen LogP contribution >= 0.6 is 0 Å². The van der Waals surface area contributed by atoms with Gasteiger partial charge in [0.15, 0.2) is 0 Å². The summed E-state index contributed by atoms with van der Waals surface area (Å²) in [4.78, 5) is 10.6. The summed E-state index contributed by atoms with van der Waals surface area (Å²) in [7, 11) is 0. The fourth-order valence-corrected chi connectivity index (χ4v) is 0.698. The second-order valence-corrected chi connectivity index (χ2v) is 3.78. The summed E-state index contributed by atoms with van der Waals surface area (Å²) >= 11 is 4.79. The smallest absolute Gasteiger partial charge is 0.291 e. The van der Waals surface area contributed by atoms with E-state index in [4.69, 9.17) is 12.8 Å². The number of carbonyl (C=O) groups is 1. The zero-order valence-corrected chi connectivity index (χ0v) is 7.99. The first-order chi connectivity index (χ1) is 4.83. The molecule has 0 saturated carbocycles. The van der Waals surface area contributed by atoms with Crippen molar-refractivity contribution in [3.63, 3.8) is 0 Å². The Labute approximate surface area is 72.9 Å². The van der Waals surface area contributed by atoms with Crippen LogP contribution in [0.4, 0.5) is 0 Å². The Hall–Kier alpha value is -0.0600. The van der Waals surface area contributed by atoms with Crippen LogP contribution in [0, 0.1) is 0 Å². The molecule has 0 radical (unpaired) electrons. The Kier molecular flexibility index (Phi) is 4.07. The number of hydrogen-bond acceptors (Lipinski definition) is 3. The highest BCUT2D eigenvalue weighted by atomic mass is 32.1. The van der Waals surface area contributed by atoms with E-state index < -0.39 is 5.60 Å². The summed E-state index contributed by atoms with van der Waals surface area (Å²) in [5.74, 6) is -0.0655. The summed E-state index contributed by atoms with van der Waals surface area (Å²) in [5.41, 5.74) is -0.723. The van der Waals surface area contributed by atoms with Crippen LogP contribution in [0.25, 0.3) is 0 Å². The number of nitrogens with one attached hydrogen (secondary N) is 1. The monoisotopic (exact) mass is 177 g/mol. The second-order valence-electron chi connectivity index (χ2n) is 3.29. The van der Waals surface area contributed by atoms with Crippen molar-refractivity contribution in [2.24, 2.45) is 0 Å². The minimum absolute atomic E-state index is 0.0655. The van der Waals surface area contributed by atoms with Gasteiger partial charge < -0.3 is 22.2 Å². The van der Waals surface area contributed by atoms with E-state index in [0.29, 0.717) is 17.3 Å². The number of carbonyl (C=O) groups excluding carboxylic acids is 1. The molecule has 0 bridgehead atoms. The van der Waals surface area contributed by atoms with Crippen molar-refractivity contribution >= 4 is 18.7 Å². The average Bonchev–Trinajstić information content (AvgIpc) is 1.80. The van der Waals surface area contributed by atoms with Crippen LogP contribution in [0.15, 0.2) is 0 Å². The molecule has 4 heteroatoms. The molecule has 0 saturated heterocycles. The van der Waals surface area contributed by atoms with E-state index in [2.05, 4.69) is 0 Å². The molecule has 3 nitrogen and oxygen atoms in total. The molecule has 66 valence electrons. The third-order valence-corrected chi connectivity index (χ3v) is 1.85. The van der Waals surface area contributed by atoms with Crippen LogP contribution in [0.3, 0.4) is 0 Å². The number of aliphatic hydroxyl groups is 1. The largest absolute Gasteiger partial charge is 0.487 e. The van der Waals surface area contributed by atoms with Crippen molar-refractivity contribution in [2.75, 3.05) is 6.54 Å². The maximum atomic E-state index is 10.6. The van der Waals surface area contributed by atoms with Gasteiger partial charge in [-0.15, -0.1) is 0 Å². The van der Waals surface area contributed by atoms with E-state index in [1.165, 1.54) is 6.92 Å². The molecule has 0 fully saturated rings. The van der Waals surface area contributed by atoms with Gasteiger partial charge in [-0.05, 0) is 13.8 Å². The van der Waals surface area contributed by atoms with Gasteiger partial charge >= 0.3 is 0 Å². The number of rotatable bonds is 3. The minimum Gasteiger partial charge on any atom is -0.487 e. The first-order valence-electron chi connectivity index (χ1n) is 3.59. The van der Waals surface area contributed by atoms with Crippen molar-refractivity contribution in [1.29, 1.82) is 0 Å². The van der Waals surface area contributed by atoms with Crippen LogP contribution in [0.1, 0.15) is 27.2 Å². The third kappa shape index (κ3) is 6.34. The Morgan fingerprint density at radius 1 is 1.64 bits per heavy atom. The number of amides is 1. The molecule has 0 aliphatic carbocycles. The maximum Gasteiger partial charge on any atom is 0.291 e. The maximum absolute atomic E-state index is 10.6.